The Kier molecular flexibility index (Phi) is 10.6. The van der Waals surface area contributed by atoms with Crippen LogP contribution in [0.5, 0.6) is 11.5 Å². The number of hydrogen-bond donors (Lipinski definition) is 0. The molecule has 4 aromatic rings. The summed E-state index contributed by atoms with van der Waals surface area (Å²) in [6.07, 6.45) is 8.27. The second-order valence-electron chi connectivity index (χ2n) is 12.5. The maximum atomic E-state index is 5.36. The SMILES string of the molecule is CC(C)(C)c1ccc2c(c1)[cH-]c1cc(C(C)(C)C)ccc12.COc1cccc(C2=[C-]CC=C2)c1OC.C[C](C)=[Hf+2]. The van der Waals surface area contributed by atoms with Gasteiger partial charge in [0.15, 0.2) is 0 Å². The molecule has 208 valence electrons. The summed E-state index contributed by atoms with van der Waals surface area (Å²) in [5.41, 5.74) is 5.32. The van der Waals surface area contributed by atoms with Gasteiger partial charge >= 0.3 is 41.0 Å². The van der Waals surface area contributed by atoms with E-state index in [9.17, 15) is 0 Å². The third kappa shape index (κ3) is 7.97. The average Bonchev–Trinajstić information content (AvgIpc) is 3.54. The quantitative estimate of drug-likeness (QED) is 0.157. The van der Waals surface area contributed by atoms with Gasteiger partial charge in [0.05, 0.1) is 14.2 Å². The molecule has 3 heteroatoms. The molecule has 1 aliphatic rings. The van der Waals surface area contributed by atoms with E-state index < -0.39 is 0 Å². The summed E-state index contributed by atoms with van der Waals surface area (Å²) in [4.78, 5) is 0. The van der Waals surface area contributed by atoms with E-state index in [2.05, 4.69) is 116 Å². The molecule has 0 saturated heterocycles. The zero-order chi connectivity index (χ0) is 29.7. The van der Waals surface area contributed by atoms with Crippen LogP contribution < -0.4 is 9.47 Å². The summed E-state index contributed by atoms with van der Waals surface area (Å²) in [5, 5.41) is 5.48. The van der Waals surface area contributed by atoms with Crippen LogP contribution in [0.3, 0.4) is 0 Å². The first kappa shape index (κ1) is 31.9. The van der Waals surface area contributed by atoms with Crippen LogP contribution in [0.15, 0.2) is 72.8 Å². The van der Waals surface area contributed by atoms with E-state index in [1.807, 2.05) is 18.2 Å². The molecule has 0 fully saturated rings. The summed E-state index contributed by atoms with van der Waals surface area (Å²) in [6, 6.07) is 22.0. The number of fused-ring (bicyclic) bond motifs is 3. The van der Waals surface area contributed by atoms with Crippen molar-refractivity contribution in [3.8, 4) is 11.5 Å². The number of allylic oxidation sites excluding steroid dienone is 4. The van der Waals surface area contributed by atoms with Crippen molar-refractivity contribution in [3.05, 3.63) is 95.6 Å². The molecule has 0 radical (unpaired) electrons. The van der Waals surface area contributed by atoms with Crippen molar-refractivity contribution in [2.24, 2.45) is 0 Å². The van der Waals surface area contributed by atoms with E-state index in [0.717, 1.165) is 29.1 Å². The number of ether oxygens (including phenoxy) is 2. The minimum absolute atomic E-state index is 0.203. The molecule has 0 atom stereocenters. The zero-order valence-electron chi connectivity index (χ0n) is 26.0. The molecule has 0 aliphatic heterocycles. The van der Waals surface area contributed by atoms with Crippen molar-refractivity contribution < 1.29 is 33.4 Å². The molecule has 0 heterocycles. The summed E-state index contributed by atoms with van der Waals surface area (Å²) in [7, 11) is 3.30. The molecule has 0 unspecified atom stereocenters. The normalized spacial score (nSPS) is 12.8. The second kappa shape index (κ2) is 13.3. The van der Waals surface area contributed by atoms with Crippen LogP contribution in [0.25, 0.3) is 27.1 Å². The third-order valence-electron chi connectivity index (χ3n) is 6.82. The van der Waals surface area contributed by atoms with Gasteiger partial charge in [-0.2, -0.15) is 17.7 Å². The van der Waals surface area contributed by atoms with Crippen LogP contribution in [0.1, 0.15) is 78.5 Å². The predicted molar refractivity (Wildman–Crippen MR) is 171 cm³/mol. The Bertz CT molecular complexity index is 1460. The first-order chi connectivity index (χ1) is 18.8. The Labute approximate surface area is 256 Å². The molecular formula is C37H44HfO2. The first-order valence-electron chi connectivity index (χ1n) is 13.9. The van der Waals surface area contributed by atoms with Gasteiger partial charge in [-0.25, -0.2) is 0 Å². The fourth-order valence-corrected chi connectivity index (χ4v) is 4.64. The Morgan fingerprint density at radius 2 is 1.32 bits per heavy atom. The monoisotopic (exact) mass is 700 g/mol. The fourth-order valence-electron chi connectivity index (χ4n) is 4.64. The summed E-state index contributed by atoms with van der Waals surface area (Å²) < 4.78 is 12.2. The van der Waals surface area contributed by atoms with E-state index in [4.69, 9.17) is 9.47 Å². The van der Waals surface area contributed by atoms with Gasteiger partial charge in [0.2, 0.25) is 0 Å². The van der Waals surface area contributed by atoms with Crippen LogP contribution in [0.2, 0.25) is 0 Å². The Morgan fingerprint density at radius 1 is 0.800 bits per heavy atom. The van der Waals surface area contributed by atoms with Gasteiger partial charge in [-0.3, -0.25) is 0 Å². The molecule has 5 rings (SSSR count). The second-order valence-corrected chi connectivity index (χ2v) is 16.1. The number of hydrogen-bond acceptors (Lipinski definition) is 2. The van der Waals surface area contributed by atoms with Crippen molar-refractivity contribution in [1.29, 1.82) is 0 Å². The molecule has 2 nitrogen and oxygen atoms in total. The van der Waals surface area contributed by atoms with Crippen LogP contribution in [-0.4, -0.2) is 17.5 Å². The minimum atomic E-state index is 0.203. The van der Waals surface area contributed by atoms with Gasteiger partial charge in [0, 0.05) is 0 Å². The Hall–Kier alpha value is -2.65. The molecule has 0 saturated carbocycles. The number of benzene rings is 3. The van der Waals surface area contributed by atoms with Gasteiger partial charge in [0.1, 0.15) is 11.5 Å². The topological polar surface area (TPSA) is 18.5 Å². The van der Waals surface area contributed by atoms with Crippen LogP contribution in [0.4, 0.5) is 0 Å². The molecule has 4 aromatic carbocycles. The molecular weight excluding hydrogens is 655 g/mol. The fraction of sp³-hybridized carbons (Fsp3) is 0.351. The Balaban J connectivity index is 0.000000203. The van der Waals surface area contributed by atoms with Crippen molar-refractivity contribution >= 4 is 30.4 Å². The standard InChI is InChI=1S/C21H25.C13H13O2.C3H6.Hf/c1-20(2,3)16-7-9-18-14(12-16)11-15-13-17(21(4,5)6)8-10-19(15)18;1-14-12-9-5-8-11(13(12)15-2)10-6-3-4-7-10;1-3-2;/h7-13H,1-6H3;3,5-6,8-9H,4H2,1-2H3;1-2H3;/q2*-1;;+2. The number of para-hydroxylation sites is 1. The van der Waals surface area contributed by atoms with E-state index in [0.29, 0.717) is 0 Å². The maximum absolute atomic E-state index is 5.36. The number of methoxy groups -OCH3 is 2. The summed E-state index contributed by atoms with van der Waals surface area (Å²) in [5.74, 6) is 1.53. The van der Waals surface area contributed by atoms with Gasteiger partial charge in [-0.15, -0.1) is 51.9 Å². The van der Waals surface area contributed by atoms with E-state index in [1.54, 1.807) is 17.5 Å². The molecule has 40 heavy (non-hydrogen) atoms. The average molecular weight is 699 g/mol. The first-order valence-corrected chi connectivity index (χ1v) is 15.7. The van der Waals surface area contributed by atoms with Crippen molar-refractivity contribution in [2.75, 3.05) is 14.2 Å². The molecule has 0 amide bonds. The molecule has 0 bridgehead atoms. The van der Waals surface area contributed by atoms with Crippen LogP contribution >= 0.6 is 0 Å². The van der Waals surface area contributed by atoms with E-state index in [1.165, 1.54) is 56.6 Å². The van der Waals surface area contributed by atoms with E-state index in [-0.39, 0.29) is 10.8 Å². The van der Waals surface area contributed by atoms with Crippen molar-refractivity contribution in [3.63, 3.8) is 0 Å². The van der Waals surface area contributed by atoms with Crippen molar-refractivity contribution in [1.82, 2.24) is 0 Å². The molecule has 0 spiro atoms. The van der Waals surface area contributed by atoms with Crippen LogP contribution in [-0.2, 0) is 34.7 Å². The molecule has 0 aromatic heterocycles. The zero-order valence-corrected chi connectivity index (χ0v) is 29.5. The van der Waals surface area contributed by atoms with Gasteiger partial charge in [-0.1, -0.05) is 95.0 Å². The Morgan fingerprint density at radius 3 is 1.73 bits per heavy atom. The summed E-state index contributed by atoms with van der Waals surface area (Å²) in [6.45, 7) is 17.9. The molecule has 1 aliphatic carbocycles. The predicted octanol–water partition coefficient (Wildman–Crippen LogP) is 9.90. The number of rotatable bonds is 3. The van der Waals surface area contributed by atoms with E-state index >= 15 is 0 Å². The van der Waals surface area contributed by atoms with Crippen LogP contribution in [0, 0.1) is 6.08 Å². The van der Waals surface area contributed by atoms with Gasteiger partial charge < -0.3 is 9.47 Å². The van der Waals surface area contributed by atoms with Gasteiger partial charge in [-0.05, 0) is 16.9 Å². The third-order valence-corrected chi connectivity index (χ3v) is 6.82. The van der Waals surface area contributed by atoms with Gasteiger partial charge in [0.25, 0.3) is 0 Å². The van der Waals surface area contributed by atoms with Crippen molar-refractivity contribution in [2.45, 2.75) is 72.6 Å². The molecule has 0 N–H and O–H groups in total. The summed E-state index contributed by atoms with van der Waals surface area (Å²) >= 11 is 1.27.